The minimum atomic E-state index is 0.644. The predicted octanol–water partition coefficient (Wildman–Crippen LogP) is 10.0. The minimum Gasteiger partial charge on any atom is -0.356 e. The molecule has 0 N–H and O–H groups in total. The van der Waals surface area contributed by atoms with Crippen molar-refractivity contribution in [3.8, 4) is 0 Å². The fraction of sp³-hybridized carbons (Fsp3) is 0.933. The first-order chi connectivity index (χ1) is 15.8. The Kier molecular flexibility index (Phi) is 20.3. The Bertz CT molecular complexity index is 406. The van der Waals surface area contributed by atoms with Crippen LogP contribution < -0.4 is 0 Å². The third-order valence-corrected chi connectivity index (χ3v) is 7.32. The monoisotopic (exact) mass is 448 g/mol. The molecule has 2 heteroatoms. The summed E-state index contributed by atoms with van der Waals surface area (Å²) in [5.41, 5.74) is 0. The Morgan fingerprint density at radius 3 is 1.16 bits per heavy atom. The van der Waals surface area contributed by atoms with E-state index in [2.05, 4.69) is 43.0 Å². The Hall–Kier alpha value is -0.660. The third-order valence-electron chi connectivity index (χ3n) is 7.32. The van der Waals surface area contributed by atoms with Gasteiger partial charge in [-0.2, -0.15) is 0 Å². The van der Waals surface area contributed by atoms with Crippen molar-refractivity contribution in [1.82, 2.24) is 9.80 Å². The molecule has 1 aliphatic rings. The van der Waals surface area contributed by atoms with Crippen molar-refractivity contribution in [2.75, 3.05) is 13.1 Å². The lowest BCUT2D eigenvalue weighted by atomic mass is 10.0. The summed E-state index contributed by atoms with van der Waals surface area (Å²) in [7, 11) is 0. The topological polar surface area (TPSA) is 6.48 Å². The maximum absolute atomic E-state index is 2.67. The molecule has 0 aromatic heterocycles. The molecule has 0 radical (unpaired) electrons. The Balaban J connectivity index is 2.10. The molecule has 32 heavy (non-hydrogen) atoms. The van der Waals surface area contributed by atoms with Crippen molar-refractivity contribution in [1.29, 1.82) is 0 Å². The number of hydrogen-bond acceptors (Lipinski definition) is 2. The van der Waals surface area contributed by atoms with E-state index in [-0.39, 0.29) is 0 Å². The molecule has 0 saturated carbocycles. The van der Waals surface area contributed by atoms with E-state index in [4.69, 9.17) is 0 Å². The van der Waals surface area contributed by atoms with Crippen LogP contribution in [0.3, 0.4) is 0 Å². The van der Waals surface area contributed by atoms with Crippen LogP contribution >= 0.6 is 0 Å². The van der Waals surface area contributed by atoms with E-state index < -0.39 is 0 Å². The molecule has 1 atom stereocenters. The first kappa shape index (κ1) is 29.4. The van der Waals surface area contributed by atoms with Crippen LogP contribution in [0.2, 0.25) is 0 Å². The standard InChI is InChI=1S/C30H60N2/c1-4-7-10-12-13-14-15-16-17-18-19-21-24-27-32-29-28-31(26-23-9-6-3)30(32)25-22-20-11-8-5-2/h28-30H,4-27H2,1-3H3. The molecule has 2 nitrogen and oxygen atoms in total. The smallest absolute Gasteiger partial charge is 0.101 e. The van der Waals surface area contributed by atoms with Gasteiger partial charge in [0, 0.05) is 25.5 Å². The first-order valence-corrected chi connectivity index (χ1v) is 15.0. The van der Waals surface area contributed by atoms with Gasteiger partial charge in [-0.1, -0.05) is 136 Å². The summed E-state index contributed by atoms with van der Waals surface area (Å²) in [5, 5.41) is 0. The number of hydrogen-bond donors (Lipinski definition) is 0. The SMILES string of the molecule is CCCCCCCCCCCCCCCN1C=CN(CCCCC)C1CCCCCCC. The molecule has 1 unspecified atom stereocenters. The zero-order chi connectivity index (χ0) is 23.1. The Morgan fingerprint density at radius 2 is 0.719 bits per heavy atom. The van der Waals surface area contributed by atoms with Crippen LogP contribution in [0.15, 0.2) is 12.4 Å². The van der Waals surface area contributed by atoms with Crippen molar-refractivity contribution >= 4 is 0 Å². The fourth-order valence-corrected chi connectivity index (χ4v) is 5.13. The summed E-state index contributed by atoms with van der Waals surface area (Å²) in [6, 6.07) is 0. The average molecular weight is 449 g/mol. The highest BCUT2D eigenvalue weighted by Crippen LogP contribution is 2.23. The van der Waals surface area contributed by atoms with E-state index in [0.29, 0.717) is 6.17 Å². The van der Waals surface area contributed by atoms with Crippen LogP contribution in [0.4, 0.5) is 0 Å². The maximum atomic E-state index is 2.67. The fourth-order valence-electron chi connectivity index (χ4n) is 5.13. The normalized spacial score (nSPS) is 15.9. The lowest BCUT2D eigenvalue weighted by Crippen LogP contribution is -2.39. The van der Waals surface area contributed by atoms with E-state index in [9.17, 15) is 0 Å². The Morgan fingerprint density at radius 1 is 0.406 bits per heavy atom. The van der Waals surface area contributed by atoms with Gasteiger partial charge in [0.2, 0.25) is 0 Å². The molecule has 0 aliphatic carbocycles. The summed E-state index contributed by atoms with van der Waals surface area (Å²) in [6.07, 6.45) is 36.6. The Labute approximate surface area is 203 Å². The van der Waals surface area contributed by atoms with Gasteiger partial charge in [-0.3, -0.25) is 0 Å². The second-order valence-electron chi connectivity index (χ2n) is 10.4. The second-order valence-corrected chi connectivity index (χ2v) is 10.4. The lowest BCUT2D eigenvalue weighted by molar-refractivity contribution is 0.135. The molecule has 0 amide bonds. The minimum absolute atomic E-state index is 0.644. The van der Waals surface area contributed by atoms with Crippen molar-refractivity contribution < 1.29 is 0 Å². The van der Waals surface area contributed by atoms with Gasteiger partial charge in [0.25, 0.3) is 0 Å². The van der Waals surface area contributed by atoms with Crippen molar-refractivity contribution in [2.45, 2.75) is 168 Å². The van der Waals surface area contributed by atoms with Crippen molar-refractivity contribution in [3.05, 3.63) is 12.4 Å². The average Bonchev–Trinajstić information content (AvgIpc) is 3.18. The summed E-state index contributed by atoms with van der Waals surface area (Å²) in [4.78, 5) is 5.32. The van der Waals surface area contributed by atoms with E-state index in [0.717, 1.165) is 0 Å². The van der Waals surface area contributed by atoms with Gasteiger partial charge in [0.05, 0.1) is 0 Å². The zero-order valence-corrected chi connectivity index (χ0v) is 22.6. The van der Waals surface area contributed by atoms with Crippen LogP contribution in [-0.2, 0) is 0 Å². The van der Waals surface area contributed by atoms with Crippen LogP contribution in [0.5, 0.6) is 0 Å². The van der Waals surface area contributed by atoms with E-state index >= 15 is 0 Å². The summed E-state index contributed by atoms with van der Waals surface area (Å²) in [6.45, 7) is 9.44. The lowest BCUT2D eigenvalue weighted by Gasteiger charge is -2.33. The van der Waals surface area contributed by atoms with Crippen LogP contribution in [0, 0.1) is 0 Å². The summed E-state index contributed by atoms with van der Waals surface area (Å²) >= 11 is 0. The number of nitrogens with zero attached hydrogens (tertiary/aromatic N) is 2. The third kappa shape index (κ3) is 15.2. The van der Waals surface area contributed by atoms with Gasteiger partial charge < -0.3 is 9.80 Å². The second kappa shape index (κ2) is 22.1. The maximum Gasteiger partial charge on any atom is 0.101 e. The molecule has 1 rings (SSSR count). The van der Waals surface area contributed by atoms with E-state index in [1.54, 1.807) is 0 Å². The van der Waals surface area contributed by atoms with E-state index in [1.807, 2.05) is 0 Å². The summed E-state index contributed by atoms with van der Waals surface area (Å²) < 4.78 is 0. The largest absolute Gasteiger partial charge is 0.356 e. The molecule has 0 bridgehead atoms. The molecular weight excluding hydrogens is 388 g/mol. The van der Waals surface area contributed by atoms with Crippen LogP contribution in [0.25, 0.3) is 0 Å². The molecule has 190 valence electrons. The predicted molar refractivity (Wildman–Crippen MR) is 145 cm³/mol. The molecule has 1 aliphatic heterocycles. The highest BCUT2D eigenvalue weighted by atomic mass is 15.4. The van der Waals surface area contributed by atoms with Gasteiger partial charge >= 0.3 is 0 Å². The van der Waals surface area contributed by atoms with Crippen molar-refractivity contribution in [3.63, 3.8) is 0 Å². The molecule has 0 aromatic rings. The molecule has 0 spiro atoms. The van der Waals surface area contributed by atoms with Crippen LogP contribution in [0.1, 0.15) is 162 Å². The molecule has 0 fully saturated rings. The highest BCUT2D eigenvalue weighted by molar-refractivity contribution is 4.96. The van der Waals surface area contributed by atoms with E-state index in [1.165, 1.54) is 154 Å². The van der Waals surface area contributed by atoms with Gasteiger partial charge in [-0.15, -0.1) is 0 Å². The molecular formula is C30H60N2. The van der Waals surface area contributed by atoms with Gasteiger partial charge in [0.1, 0.15) is 6.17 Å². The first-order valence-electron chi connectivity index (χ1n) is 15.0. The zero-order valence-electron chi connectivity index (χ0n) is 22.6. The molecule has 0 saturated heterocycles. The van der Waals surface area contributed by atoms with Crippen molar-refractivity contribution in [2.24, 2.45) is 0 Å². The highest BCUT2D eigenvalue weighted by Gasteiger charge is 2.24. The van der Waals surface area contributed by atoms with Gasteiger partial charge in [-0.25, -0.2) is 0 Å². The summed E-state index contributed by atoms with van der Waals surface area (Å²) in [5.74, 6) is 0. The van der Waals surface area contributed by atoms with Gasteiger partial charge in [0.15, 0.2) is 0 Å². The number of unbranched alkanes of at least 4 members (excludes halogenated alkanes) is 18. The molecule has 0 aromatic carbocycles. The van der Waals surface area contributed by atoms with Crippen LogP contribution in [-0.4, -0.2) is 29.1 Å². The quantitative estimate of drug-likeness (QED) is 0.135. The van der Waals surface area contributed by atoms with Gasteiger partial charge in [-0.05, 0) is 25.7 Å². The number of rotatable bonds is 24. The molecule has 1 heterocycles.